The van der Waals surface area contributed by atoms with Crippen molar-refractivity contribution in [3.63, 3.8) is 0 Å². The molecule has 0 amide bonds. The summed E-state index contributed by atoms with van der Waals surface area (Å²) in [6, 6.07) is 9.97. The first-order valence-electron chi connectivity index (χ1n) is 6.16. The first kappa shape index (κ1) is 12.3. The average Bonchev–Trinajstić information content (AvgIpc) is 2.89. The SMILES string of the molecule is C/C=C\C(=C/CC)c1nc(-c2ccccc2)n[nH]1. The molecule has 0 saturated carbocycles. The van der Waals surface area contributed by atoms with Crippen LogP contribution in [0.5, 0.6) is 0 Å². The van der Waals surface area contributed by atoms with E-state index in [0.29, 0.717) is 0 Å². The zero-order valence-electron chi connectivity index (χ0n) is 10.7. The number of aromatic nitrogens is 3. The molecule has 0 aliphatic heterocycles. The predicted molar refractivity (Wildman–Crippen MR) is 74.9 cm³/mol. The van der Waals surface area contributed by atoms with E-state index < -0.39 is 0 Å². The van der Waals surface area contributed by atoms with Gasteiger partial charge in [0.05, 0.1) is 0 Å². The molecule has 0 saturated heterocycles. The lowest BCUT2D eigenvalue weighted by atomic mass is 10.2. The van der Waals surface area contributed by atoms with Gasteiger partial charge in [-0.25, -0.2) is 4.98 Å². The van der Waals surface area contributed by atoms with Crippen LogP contribution in [0.25, 0.3) is 17.0 Å². The van der Waals surface area contributed by atoms with Gasteiger partial charge in [-0.2, -0.15) is 5.10 Å². The van der Waals surface area contributed by atoms with E-state index in [1.807, 2.05) is 49.4 Å². The molecule has 0 atom stereocenters. The van der Waals surface area contributed by atoms with E-state index in [2.05, 4.69) is 28.2 Å². The molecule has 0 radical (unpaired) electrons. The van der Waals surface area contributed by atoms with Crippen molar-refractivity contribution in [2.45, 2.75) is 20.3 Å². The monoisotopic (exact) mass is 239 g/mol. The molecule has 0 unspecified atom stereocenters. The Morgan fingerprint density at radius 3 is 2.72 bits per heavy atom. The molecule has 0 fully saturated rings. The maximum Gasteiger partial charge on any atom is 0.181 e. The van der Waals surface area contributed by atoms with Crippen molar-refractivity contribution in [1.82, 2.24) is 15.2 Å². The van der Waals surface area contributed by atoms with Crippen LogP contribution in [-0.2, 0) is 0 Å². The standard InChI is InChI=1S/C15H17N3/c1-3-8-12(9-4-2)14-16-15(18-17-14)13-10-6-5-7-11-13/h3,5-11H,4H2,1-2H3,(H,16,17,18)/b8-3-,12-9+. The average molecular weight is 239 g/mol. The molecule has 1 heterocycles. The molecular weight excluding hydrogens is 222 g/mol. The van der Waals surface area contributed by atoms with Crippen LogP contribution in [0.4, 0.5) is 0 Å². The van der Waals surface area contributed by atoms with Crippen LogP contribution in [0.15, 0.2) is 48.6 Å². The van der Waals surface area contributed by atoms with Crippen molar-refractivity contribution in [2.24, 2.45) is 0 Å². The molecular formula is C15H17N3. The van der Waals surface area contributed by atoms with Gasteiger partial charge in [0.2, 0.25) is 0 Å². The first-order valence-corrected chi connectivity index (χ1v) is 6.16. The summed E-state index contributed by atoms with van der Waals surface area (Å²) in [6.07, 6.45) is 7.15. The second-order valence-corrected chi connectivity index (χ2v) is 3.94. The molecule has 0 aliphatic carbocycles. The summed E-state index contributed by atoms with van der Waals surface area (Å²) >= 11 is 0. The highest BCUT2D eigenvalue weighted by molar-refractivity contribution is 5.70. The fourth-order valence-electron chi connectivity index (χ4n) is 1.75. The smallest absolute Gasteiger partial charge is 0.181 e. The van der Waals surface area contributed by atoms with Crippen molar-refractivity contribution in [3.05, 3.63) is 54.4 Å². The third-order valence-electron chi connectivity index (χ3n) is 2.56. The molecule has 0 bridgehead atoms. The number of hydrogen-bond acceptors (Lipinski definition) is 2. The van der Waals surface area contributed by atoms with Crippen molar-refractivity contribution in [3.8, 4) is 11.4 Å². The van der Waals surface area contributed by atoms with Gasteiger partial charge < -0.3 is 0 Å². The van der Waals surface area contributed by atoms with Crippen molar-refractivity contribution < 1.29 is 0 Å². The van der Waals surface area contributed by atoms with Gasteiger partial charge in [-0.15, -0.1) is 0 Å². The van der Waals surface area contributed by atoms with E-state index in [4.69, 9.17) is 0 Å². The number of H-pyrrole nitrogens is 1. The van der Waals surface area contributed by atoms with Gasteiger partial charge in [-0.05, 0) is 13.3 Å². The summed E-state index contributed by atoms with van der Waals surface area (Å²) in [4.78, 5) is 4.53. The highest BCUT2D eigenvalue weighted by Crippen LogP contribution is 2.18. The van der Waals surface area contributed by atoms with Crippen LogP contribution in [-0.4, -0.2) is 15.2 Å². The molecule has 3 nitrogen and oxygen atoms in total. The Bertz CT molecular complexity index is 550. The van der Waals surface area contributed by atoms with Gasteiger partial charge in [0.1, 0.15) is 0 Å². The Morgan fingerprint density at radius 2 is 2.06 bits per heavy atom. The third kappa shape index (κ3) is 2.74. The lowest BCUT2D eigenvalue weighted by Crippen LogP contribution is -1.84. The molecule has 1 N–H and O–H groups in total. The highest BCUT2D eigenvalue weighted by atomic mass is 15.2. The molecule has 1 aromatic heterocycles. The maximum atomic E-state index is 4.53. The van der Waals surface area contributed by atoms with Gasteiger partial charge >= 0.3 is 0 Å². The summed E-state index contributed by atoms with van der Waals surface area (Å²) < 4.78 is 0. The Labute approximate surface area is 107 Å². The van der Waals surface area contributed by atoms with E-state index in [1.54, 1.807) is 0 Å². The third-order valence-corrected chi connectivity index (χ3v) is 2.56. The Balaban J connectivity index is 2.33. The van der Waals surface area contributed by atoms with Gasteiger partial charge in [0.25, 0.3) is 0 Å². The van der Waals surface area contributed by atoms with Crippen molar-refractivity contribution >= 4 is 5.57 Å². The molecule has 92 valence electrons. The molecule has 2 aromatic rings. The maximum absolute atomic E-state index is 4.53. The van der Waals surface area contributed by atoms with Crippen molar-refractivity contribution in [1.29, 1.82) is 0 Å². The van der Waals surface area contributed by atoms with Gasteiger partial charge in [-0.1, -0.05) is 55.5 Å². The van der Waals surface area contributed by atoms with E-state index in [1.165, 1.54) is 0 Å². The summed E-state index contributed by atoms with van der Waals surface area (Å²) in [5.41, 5.74) is 2.10. The first-order chi connectivity index (χ1) is 8.85. The minimum absolute atomic E-state index is 0.733. The van der Waals surface area contributed by atoms with E-state index in [0.717, 1.165) is 29.2 Å². The summed E-state index contributed by atoms with van der Waals surface area (Å²) in [7, 11) is 0. The number of aromatic amines is 1. The van der Waals surface area contributed by atoms with Crippen LogP contribution >= 0.6 is 0 Å². The van der Waals surface area contributed by atoms with E-state index in [-0.39, 0.29) is 0 Å². The lowest BCUT2D eigenvalue weighted by molar-refractivity contribution is 1.07. The van der Waals surface area contributed by atoms with Crippen LogP contribution in [0, 0.1) is 0 Å². The topological polar surface area (TPSA) is 41.6 Å². The number of hydrogen-bond donors (Lipinski definition) is 1. The quantitative estimate of drug-likeness (QED) is 0.823. The highest BCUT2D eigenvalue weighted by Gasteiger charge is 2.07. The second kappa shape index (κ2) is 5.96. The van der Waals surface area contributed by atoms with Gasteiger partial charge in [-0.3, -0.25) is 5.10 Å². The number of nitrogens with zero attached hydrogens (tertiary/aromatic N) is 2. The van der Waals surface area contributed by atoms with Crippen LogP contribution in [0.3, 0.4) is 0 Å². The zero-order chi connectivity index (χ0) is 12.8. The summed E-state index contributed by atoms with van der Waals surface area (Å²) in [6.45, 7) is 4.11. The summed E-state index contributed by atoms with van der Waals surface area (Å²) in [5, 5.41) is 7.25. The molecule has 0 aliphatic rings. The number of benzene rings is 1. The van der Waals surface area contributed by atoms with Gasteiger partial charge in [0, 0.05) is 11.1 Å². The molecule has 1 aromatic carbocycles. The largest absolute Gasteiger partial charge is 0.259 e. The second-order valence-electron chi connectivity index (χ2n) is 3.94. The van der Waals surface area contributed by atoms with Crippen LogP contribution in [0.2, 0.25) is 0 Å². The molecule has 2 rings (SSSR count). The fraction of sp³-hybridized carbons (Fsp3) is 0.200. The Hall–Kier alpha value is -2.16. The lowest BCUT2D eigenvalue weighted by Gasteiger charge is -1.95. The molecule has 0 spiro atoms. The minimum atomic E-state index is 0.733. The number of rotatable bonds is 4. The van der Waals surface area contributed by atoms with Crippen LogP contribution < -0.4 is 0 Å². The summed E-state index contributed by atoms with van der Waals surface area (Å²) in [5.74, 6) is 1.55. The van der Waals surface area contributed by atoms with Crippen molar-refractivity contribution in [2.75, 3.05) is 0 Å². The van der Waals surface area contributed by atoms with Gasteiger partial charge in [0.15, 0.2) is 11.6 Å². The predicted octanol–water partition coefficient (Wildman–Crippen LogP) is 3.84. The Morgan fingerprint density at radius 1 is 1.28 bits per heavy atom. The number of allylic oxidation sites excluding steroid dienone is 4. The zero-order valence-corrected chi connectivity index (χ0v) is 10.7. The molecule has 18 heavy (non-hydrogen) atoms. The van der Waals surface area contributed by atoms with E-state index >= 15 is 0 Å². The minimum Gasteiger partial charge on any atom is -0.259 e. The van der Waals surface area contributed by atoms with Crippen LogP contribution in [0.1, 0.15) is 26.1 Å². The van der Waals surface area contributed by atoms with E-state index in [9.17, 15) is 0 Å². The molecule has 3 heteroatoms. The normalized spacial score (nSPS) is 12.2. The fourth-order valence-corrected chi connectivity index (χ4v) is 1.75. The number of nitrogens with one attached hydrogen (secondary N) is 1. The Kier molecular flexibility index (Phi) is 4.07.